The SMILES string of the molecule is CCn1cc(NC(=O)c2nn3c(C(F)(F)F)cc(C)nc3c2Cl)c(C(=O)NC)n1. The second-order valence-electron chi connectivity index (χ2n) is 5.96. The van der Waals surface area contributed by atoms with Gasteiger partial charge in [-0.25, -0.2) is 9.50 Å². The molecule has 3 aromatic heterocycles. The van der Waals surface area contributed by atoms with E-state index in [0.717, 1.165) is 6.07 Å². The highest BCUT2D eigenvalue weighted by Gasteiger charge is 2.36. The van der Waals surface area contributed by atoms with Gasteiger partial charge >= 0.3 is 6.18 Å². The molecule has 0 aliphatic carbocycles. The number of rotatable bonds is 4. The molecule has 3 heterocycles. The molecule has 0 aliphatic heterocycles. The van der Waals surface area contributed by atoms with Gasteiger partial charge in [0.25, 0.3) is 11.8 Å². The van der Waals surface area contributed by atoms with Gasteiger partial charge in [-0.1, -0.05) is 11.6 Å². The van der Waals surface area contributed by atoms with Crippen molar-refractivity contribution in [2.75, 3.05) is 12.4 Å². The van der Waals surface area contributed by atoms with E-state index >= 15 is 0 Å². The lowest BCUT2D eigenvalue weighted by Gasteiger charge is -2.09. The summed E-state index contributed by atoms with van der Waals surface area (Å²) in [4.78, 5) is 28.6. The molecule has 9 nitrogen and oxygen atoms in total. The lowest BCUT2D eigenvalue weighted by Crippen LogP contribution is -2.22. The zero-order chi connectivity index (χ0) is 21.5. The molecule has 0 atom stereocenters. The molecule has 0 aromatic carbocycles. The molecule has 3 aromatic rings. The summed E-state index contributed by atoms with van der Waals surface area (Å²) in [5.41, 5.74) is -1.84. The minimum atomic E-state index is -4.73. The van der Waals surface area contributed by atoms with Crippen LogP contribution in [0.2, 0.25) is 5.02 Å². The van der Waals surface area contributed by atoms with E-state index in [1.165, 1.54) is 24.9 Å². The number of nitrogens with zero attached hydrogens (tertiary/aromatic N) is 5. The van der Waals surface area contributed by atoms with Gasteiger partial charge in [0, 0.05) is 25.5 Å². The van der Waals surface area contributed by atoms with E-state index in [0.29, 0.717) is 11.1 Å². The molecule has 29 heavy (non-hydrogen) atoms. The lowest BCUT2D eigenvalue weighted by molar-refractivity contribution is -0.142. The van der Waals surface area contributed by atoms with E-state index in [2.05, 4.69) is 25.8 Å². The number of anilines is 1. The number of aromatic nitrogens is 5. The maximum Gasteiger partial charge on any atom is 0.433 e. The molecule has 0 aliphatic rings. The van der Waals surface area contributed by atoms with Crippen LogP contribution in [0, 0.1) is 6.92 Å². The molecule has 2 amide bonds. The number of fused-ring (bicyclic) bond motifs is 1. The van der Waals surface area contributed by atoms with Gasteiger partial charge in [-0.3, -0.25) is 14.3 Å². The Morgan fingerprint density at radius 2 is 1.90 bits per heavy atom. The quantitative estimate of drug-likeness (QED) is 0.663. The van der Waals surface area contributed by atoms with E-state index in [4.69, 9.17) is 11.6 Å². The first-order valence-corrected chi connectivity index (χ1v) is 8.68. The van der Waals surface area contributed by atoms with Crippen LogP contribution in [0.3, 0.4) is 0 Å². The minimum Gasteiger partial charge on any atom is -0.354 e. The van der Waals surface area contributed by atoms with Crippen molar-refractivity contribution < 1.29 is 22.8 Å². The summed E-state index contributed by atoms with van der Waals surface area (Å²) in [6.45, 7) is 3.57. The first kappa shape index (κ1) is 20.6. The number of carbonyl (C=O) groups excluding carboxylic acids is 2. The van der Waals surface area contributed by atoms with Gasteiger partial charge < -0.3 is 10.6 Å². The van der Waals surface area contributed by atoms with E-state index < -0.39 is 29.4 Å². The van der Waals surface area contributed by atoms with Crippen LogP contribution in [-0.4, -0.2) is 43.2 Å². The van der Waals surface area contributed by atoms with E-state index in [1.54, 1.807) is 6.92 Å². The summed E-state index contributed by atoms with van der Waals surface area (Å²) in [5, 5.41) is 12.2. The third-order valence-electron chi connectivity index (χ3n) is 3.94. The highest BCUT2D eigenvalue weighted by atomic mass is 35.5. The van der Waals surface area contributed by atoms with Crippen molar-refractivity contribution in [3.8, 4) is 0 Å². The zero-order valence-corrected chi connectivity index (χ0v) is 16.2. The number of hydrogen-bond acceptors (Lipinski definition) is 5. The molecule has 154 valence electrons. The number of carbonyl (C=O) groups is 2. The fourth-order valence-corrected chi connectivity index (χ4v) is 2.85. The summed E-state index contributed by atoms with van der Waals surface area (Å²) in [7, 11) is 1.39. The number of hydrogen-bond donors (Lipinski definition) is 2. The van der Waals surface area contributed by atoms with Crippen molar-refractivity contribution >= 4 is 34.7 Å². The minimum absolute atomic E-state index is 0.0597. The maximum absolute atomic E-state index is 13.3. The standard InChI is InChI=1S/C16H15ClF3N7O2/c1-4-26-6-8(11(24-26)14(28)21-3)23-15(29)12-10(17)13-22-7(2)5-9(16(18,19)20)27(13)25-12/h5-6H,4H2,1-3H3,(H,21,28)(H,23,29). The summed E-state index contributed by atoms with van der Waals surface area (Å²) in [6.07, 6.45) is -3.32. The highest BCUT2D eigenvalue weighted by molar-refractivity contribution is 6.37. The van der Waals surface area contributed by atoms with Crippen molar-refractivity contribution in [3.63, 3.8) is 0 Å². The van der Waals surface area contributed by atoms with Gasteiger partial charge in [0.1, 0.15) is 10.7 Å². The van der Waals surface area contributed by atoms with E-state index in [-0.39, 0.29) is 27.7 Å². The van der Waals surface area contributed by atoms with E-state index in [1.807, 2.05) is 0 Å². The van der Waals surface area contributed by atoms with Gasteiger partial charge in [0.05, 0.1) is 5.69 Å². The van der Waals surface area contributed by atoms with Crippen molar-refractivity contribution in [1.29, 1.82) is 0 Å². The fraction of sp³-hybridized carbons (Fsp3) is 0.312. The summed E-state index contributed by atoms with van der Waals surface area (Å²) in [6, 6.07) is 0.799. The molecule has 0 fully saturated rings. The Bertz CT molecular complexity index is 1120. The molecule has 0 saturated carbocycles. The number of nitrogens with one attached hydrogen (secondary N) is 2. The van der Waals surface area contributed by atoms with E-state index in [9.17, 15) is 22.8 Å². The van der Waals surface area contributed by atoms with Crippen LogP contribution in [0.25, 0.3) is 5.65 Å². The predicted molar refractivity (Wildman–Crippen MR) is 97.0 cm³/mol. The largest absolute Gasteiger partial charge is 0.433 e. The van der Waals surface area contributed by atoms with Crippen molar-refractivity contribution in [2.24, 2.45) is 0 Å². The van der Waals surface area contributed by atoms with Crippen LogP contribution in [0.5, 0.6) is 0 Å². The van der Waals surface area contributed by atoms with Gasteiger partial charge in [0.2, 0.25) is 0 Å². The third kappa shape index (κ3) is 3.75. The number of halogens is 4. The highest BCUT2D eigenvalue weighted by Crippen LogP contribution is 2.32. The molecule has 13 heteroatoms. The van der Waals surface area contributed by atoms with Crippen LogP contribution in [0.4, 0.5) is 18.9 Å². The summed E-state index contributed by atoms with van der Waals surface area (Å²) < 4.78 is 41.9. The molecule has 0 radical (unpaired) electrons. The average Bonchev–Trinajstić information content (AvgIpc) is 3.21. The lowest BCUT2D eigenvalue weighted by atomic mass is 10.3. The second kappa shape index (κ2) is 7.35. The van der Waals surface area contributed by atoms with Crippen molar-refractivity contribution in [2.45, 2.75) is 26.6 Å². The van der Waals surface area contributed by atoms with Crippen LogP contribution >= 0.6 is 11.6 Å². The van der Waals surface area contributed by atoms with Gasteiger partial charge in [0.15, 0.2) is 17.0 Å². The fourth-order valence-electron chi connectivity index (χ4n) is 2.60. The normalized spacial score (nSPS) is 11.7. The van der Waals surface area contributed by atoms with Crippen LogP contribution in [0.15, 0.2) is 12.3 Å². The smallest absolute Gasteiger partial charge is 0.354 e. The summed E-state index contributed by atoms with van der Waals surface area (Å²) >= 11 is 6.10. The Hall–Kier alpha value is -3.15. The molecule has 3 rings (SSSR count). The number of alkyl halides is 3. The topological polar surface area (TPSA) is 106 Å². The third-order valence-corrected chi connectivity index (χ3v) is 4.29. The molecular formula is C16H15ClF3N7O2. The molecule has 0 unspecified atom stereocenters. The van der Waals surface area contributed by atoms with Crippen LogP contribution in [-0.2, 0) is 12.7 Å². The molecule has 2 N–H and O–H groups in total. The second-order valence-corrected chi connectivity index (χ2v) is 6.34. The van der Waals surface area contributed by atoms with Gasteiger partial charge in [-0.2, -0.15) is 23.4 Å². The van der Waals surface area contributed by atoms with Crippen LogP contribution < -0.4 is 10.6 Å². The Morgan fingerprint density at radius 1 is 1.21 bits per heavy atom. The zero-order valence-electron chi connectivity index (χ0n) is 15.4. The number of amides is 2. The van der Waals surface area contributed by atoms with Gasteiger partial charge in [-0.15, -0.1) is 0 Å². The first-order valence-electron chi connectivity index (χ1n) is 8.30. The Labute approximate surface area is 166 Å². The summed E-state index contributed by atoms with van der Waals surface area (Å²) in [5.74, 6) is -1.46. The van der Waals surface area contributed by atoms with Crippen molar-refractivity contribution in [1.82, 2.24) is 29.7 Å². The molecule has 0 saturated heterocycles. The van der Waals surface area contributed by atoms with Gasteiger partial charge in [-0.05, 0) is 19.9 Å². The Kier molecular flexibility index (Phi) is 5.22. The maximum atomic E-state index is 13.3. The Morgan fingerprint density at radius 3 is 2.48 bits per heavy atom. The monoisotopic (exact) mass is 429 g/mol. The molecule has 0 bridgehead atoms. The molecule has 0 spiro atoms. The number of aryl methyl sites for hydroxylation is 2. The van der Waals surface area contributed by atoms with Crippen LogP contribution in [0.1, 0.15) is 39.3 Å². The molecular weight excluding hydrogens is 415 g/mol. The predicted octanol–water partition coefficient (Wildman–Crippen LogP) is 2.54. The first-order chi connectivity index (χ1) is 13.6. The Balaban J connectivity index is 2.06. The average molecular weight is 430 g/mol. The van der Waals surface area contributed by atoms with Crippen molar-refractivity contribution in [3.05, 3.63) is 40.1 Å².